The topological polar surface area (TPSA) is 91.0 Å². The molecule has 3 aromatic heterocycles. The summed E-state index contributed by atoms with van der Waals surface area (Å²) in [4.78, 5) is 39.0. The van der Waals surface area contributed by atoms with Crippen molar-refractivity contribution in [2.45, 2.75) is 13.5 Å². The highest BCUT2D eigenvalue weighted by molar-refractivity contribution is 7.20. The van der Waals surface area contributed by atoms with Crippen LogP contribution in [0.5, 0.6) is 0 Å². The molecule has 0 bridgehead atoms. The number of aryl methyl sites for hydroxylation is 1. The third-order valence-corrected chi connectivity index (χ3v) is 5.01. The number of halogens is 1. The van der Waals surface area contributed by atoms with Crippen LogP contribution in [0.4, 0.5) is 5.69 Å². The lowest BCUT2D eigenvalue weighted by molar-refractivity contribution is 0.103. The molecule has 130 valence electrons. The largest absolute Gasteiger partial charge is 0.319 e. The predicted octanol–water partition coefficient (Wildman–Crippen LogP) is 2.66. The average molecular weight is 378 g/mol. The van der Waals surface area contributed by atoms with E-state index in [1.54, 1.807) is 25.3 Å². The Morgan fingerprint density at radius 3 is 2.88 bits per heavy atom. The van der Waals surface area contributed by atoms with Crippen LogP contribution in [0, 0.1) is 6.92 Å². The third-order valence-electron chi connectivity index (χ3n) is 3.53. The second-order valence-corrected chi connectivity index (χ2v) is 7.14. The molecule has 0 unspecified atom stereocenters. The van der Waals surface area contributed by atoms with Gasteiger partial charge in [0.1, 0.15) is 10.7 Å². The first-order valence-electron chi connectivity index (χ1n) is 7.45. The number of H-pyrrole nitrogens is 1. The number of aromatic nitrogens is 3. The highest BCUT2D eigenvalue weighted by Crippen LogP contribution is 2.28. The first-order chi connectivity index (χ1) is 11.9. The predicted molar refractivity (Wildman–Crippen MR) is 99.6 cm³/mol. The minimum atomic E-state index is -0.344. The van der Waals surface area contributed by atoms with Crippen LogP contribution < -0.4 is 10.9 Å². The van der Waals surface area contributed by atoms with Crippen molar-refractivity contribution < 1.29 is 4.79 Å². The SMILES string of the molecule is Cc1c(C(=O)Nc2cccnc2Cl)sc2nc(CN(C)C)[nH]c(=O)c12. The Hall–Kier alpha value is -2.29. The number of thiophene rings is 1. The van der Waals surface area contributed by atoms with Gasteiger partial charge in [0, 0.05) is 6.20 Å². The highest BCUT2D eigenvalue weighted by Gasteiger charge is 2.20. The van der Waals surface area contributed by atoms with Crippen LogP contribution in [0.25, 0.3) is 10.2 Å². The van der Waals surface area contributed by atoms with Crippen molar-refractivity contribution in [3.63, 3.8) is 0 Å². The van der Waals surface area contributed by atoms with Crippen molar-refractivity contribution in [3.05, 3.63) is 50.1 Å². The molecule has 0 spiro atoms. The van der Waals surface area contributed by atoms with E-state index in [1.165, 1.54) is 11.3 Å². The Labute approximate surface area is 152 Å². The summed E-state index contributed by atoms with van der Waals surface area (Å²) in [6.07, 6.45) is 1.54. The quantitative estimate of drug-likeness (QED) is 0.682. The molecule has 0 saturated heterocycles. The number of pyridine rings is 1. The molecule has 3 rings (SSSR count). The first-order valence-corrected chi connectivity index (χ1v) is 8.65. The van der Waals surface area contributed by atoms with E-state index in [2.05, 4.69) is 20.3 Å². The maximum atomic E-state index is 12.6. The summed E-state index contributed by atoms with van der Waals surface area (Å²) in [6.45, 7) is 2.25. The number of nitrogens with zero attached hydrogens (tertiary/aromatic N) is 3. The zero-order valence-corrected chi connectivity index (χ0v) is 15.5. The number of anilines is 1. The maximum absolute atomic E-state index is 12.6. The number of carbonyl (C=O) groups is 1. The Bertz CT molecular complexity index is 1010. The van der Waals surface area contributed by atoms with Gasteiger partial charge < -0.3 is 15.2 Å². The van der Waals surface area contributed by atoms with E-state index in [0.29, 0.717) is 38.7 Å². The molecule has 3 heterocycles. The van der Waals surface area contributed by atoms with Crippen LogP contribution in [0.2, 0.25) is 5.15 Å². The molecular formula is C16H16ClN5O2S. The van der Waals surface area contributed by atoms with Crippen LogP contribution in [-0.4, -0.2) is 39.9 Å². The molecule has 9 heteroatoms. The van der Waals surface area contributed by atoms with Crippen molar-refractivity contribution in [1.29, 1.82) is 0 Å². The maximum Gasteiger partial charge on any atom is 0.266 e. The zero-order chi connectivity index (χ0) is 18.1. The summed E-state index contributed by atoms with van der Waals surface area (Å²) in [5.74, 6) is 0.218. The van der Waals surface area contributed by atoms with Gasteiger partial charge in [-0.15, -0.1) is 11.3 Å². The minimum Gasteiger partial charge on any atom is -0.319 e. The van der Waals surface area contributed by atoms with Crippen molar-refractivity contribution >= 4 is 44.7 Å². The number of fused-ring (bicyclic) bond motifs is 1. The summed E-state index contributed by atoms with van der Waals surface area (Å²) < 4.78 is 0. The molecule has 0 aliphatic carbocycles. The molecule has 0 aliphatic heterocycles. The zero-order valence-electron chi connectivity index (χ0n) is 13.9. The van der Waals surface area contributed by atoms with Gasteiger partial charge in [-0.3, -0.25) is 9.59 Å². The molecule has 0 fully saturated rings. The fraction of sp³-hybridized carbons (Fsp3) is 0.250. The van der Waals surface area contributed by atoms with E-state index in [0.717, 1.165) is 0 Å². The van der Waals surface area contributed by atoms with Crippen molar-refractivity contribution in [3.8, 4) is 0 Å². The fourth-order valence-electron chi connectivity index (χ4n) is 2.44. The first kappa shape index (κ1) is 17.5. The molecule has 0 saturated carbocycles. The van der Waals surface area contributed by atoms with E-state index in [-0.39, 0.29) is 16.6 Å². The van der Waals surface area contributed by atoms with E-state index < -0.39 is 0 Å². The second kappa shape index (κ2) is 6.91. The molecule has 0 aromatic carbocycles. The van der Waals surface area contributed by atoms with E-state index in [9.17, 15) is 9.59 Å². The van der Waals surface area contributed by atoms with Crippen LogP contribution >= 0.6 is 22.9 Å². The summed E-state index contributed by atoms with van der Waals surface area (Å²) in [6, 6.07) is 3.34. The number of hydrogen-bond donors (Lipinski definition) is 2. The van der Waals surface area contributed by atoms with E-state index in [4.69, 9.17) is 11.6 Å². The Balaban J connectivity index is 2.01. The number of aromatic amines is 1. The van der Waals surface area contributed by atoms with Crippen LogP contribution in [0.3, 0.4) is 0 Å². The molecule has 7 nitrogen and oxygen atoms in total. The van der Waals surface area contributed by atoms with Crippen LogP contribution in [-0.2, 0) is 6.54 Å². The molecule has 0 radical (unpaired) electrons. The van der Waals surface area contributed by atoms with Crippen molar-refractivity contribution in [1.82, 2.24) is 19.9 Å². The Kier molecular flexibility index (Phi) is 4.85. The molecule has 0 atom stereocenters. The molecule has 3 aromatic rings. The Morgan fingerprint density at radius 1 is 1.44 bits per heavy atom. The lowest BCUT2D eigenvalue weighted by atomic mass is 10.2. The van der Waals surface area contributed by atoms with Gasteiger partial charge in [0.2, 0.25) is 0 Å². The van der Waals surface area contributed by atoms with Gasteiger partial charge in [0.05, 0.1) is 22.5 Å². The Morgan fingerprint density at radius 2 is 2.20 bits per heavy atom. The second-order valence-electron chi connectivity index (χ2n) is 5.78. The number of hydrogen-bond acceptors (Lipinski definition) is 6. The summed E-state index contributed by atoms with van der Waals surface area (Å²) in [5, 5.41) is 3.37. The summed E-state index contributed by atoms with van der Waals surface area (Å²) >= 11 is 7.16. The van der Waals surface area contributed by atoms with Gasteiger partial charge in [0.25, 0.3) is 11.5 Å². The molecule has 25 heavy (non-hydrogen) atoms. The number of rotatable bonds is 4. The van der Waals surface area contributed by atoms with Crippen LogP contribution in [0.1, 0.15) is 21.1 Å². The van der Waals surface area contributed by atoms with Crippen molar-refractivity contribution in [2.24, 2.45) is 0 Å². The monoisotopic (exact) mass is 377 g/mol. The van der Waals surface area contributed by atoms with Crippen LogP contribution in [0.15, 0.2) is 23.1 Å². The molecular weight excluding hydrogens is 362 g/mol. The van der Waals surface area contributed by atoms with Gasteiger partial charge >= 0.3 is 0 Å². The number of amides is 1. The van der Waals surface area contributed by atoms with Crippen molar-refractivity contribution in [2.75, 3.05) is 19.4 Å². The van der Waals surface area contributed by atoms with Gasteiger partial charge in [-0.25, -0.2) is 9.97 Å². The lowest BCUT2D eigenvalue weighted by Gasteiger charge is -2.07. The normalized spacial score (nSPS) is 11.2. The summed E-state index contributed by atoms with van der Waals surface area (Å²) in [7, 11) is 3.78. The third kappa shape index (κ3) is 3.55. The lowest BCUT2D eigenvalue weighted by Crippen LogP contribution is -2.18. The fourth-order valence-corrected chi connectivity index (χ4v) is 3.70. The highest BCUT2D eigenvalue weighted by atomic mass is 35.5. The summed E-state index contributed by atoms with van der Waals surface area (Å²) in [5.41, 5.74) is 0.776. The van der Waals surface area contributed by atoms with Gasteiger partial charge in [-0.05, 0) is 38.7 Å². The standard InChI is InChI=1S/C16H16ClN5O2S/c1-8-11-14(23)20-10(7-22(2)3)21-16(11)25-12(8)15(24)19-9-5-4-6-18-13(9)17/h4-6H,7H2,1-3H3,(H,19,24)(H,20,21,23). The van der Waals surface area contributed by atoms with Gasteiger partial charge in [0.15, 0.2) is 5.15 Å². The van der Waals surface area contributed by atoms with E-state index >= 15 is 0 Å². The van der Waals surface area contributed by atoms with E-state index in [1.807, 2.05) is 19.0 Å². The molecule has 0 aliphatic rings. The molecule has 1 amide bonds. The van der Waals surface area contributed by atoms with Gasteiger partial charge in [-0.1, -0.05) is 11.6 Å². The number of carbonyl (C=O) groups excluding carboxylic acids is 1. The number of nitrogens with one attached hydrogen (secondary N) is 2. The minimum absolute atomic E-state index is 0.207. The smallest absolute Gasteiger partial charge is 0.266 e. The average Bonchev–Trinajstić information content (AvgIpc) is 2.86. The molecule has 2 N–H and O–H groups in total. The van der Waals surface area contributed by atoms with Gasteiger partial charge in [-0.2, -0.15) is 0 Å².